The third kappa shape index (κ3) is 5.71. The third-order valence-corrected chi connectivity index (χ3v) is 4.70. The average molecular weight is 388 g/mol. The summed E-state index contributed by atoms with van der Waals surface area (Å²) in [5.41, 5.74) is 0.600. The molecule has 7 heteroatoms. The lowest BCUT2D eigenvalue weighted by atomic mass is 10.1. The van der Waals surface area contributed by atoms with Crippen LogP contribution in [0.5, 0.6) is 0 Å². The first-order valence-corrected chi connectivity index (χ1v) is 9.81. The molecule has 0 spiro atoms. The normalized spacial score (nSPS) is 17.8. The van der Waals surface area contributed by atoms with E-state index in [4.69, 9.17) is 9.47 Å². The van der Waals surface area contributed by atoms with Gasteiger partial charge in [-0.2, -0.15) is 0 Å². The zero-order valence-corrected chi connectivity index (χ0v) is 16.7. The SMILES string of the molecule is CC(C)(C)OC(=O)N1CCC(OC(=O)c2ccc(NC(=O)C3CC3)cc2)CC1. The number of hydrogen-bond donors (Lipinski definition) is 1. The molecule has 2 fully saturated rings. The quantitative estimate of drug-likeness (QED) is 0.797. The number of hydrogen-bond acceptors (Lipinski definition) is 5. The van der Waals surface area contributed by atoms with Gasteiger partial charge in [-0.15, -0.1) is 0 Å². The van der Waals surface area contributed by atoms with Crippen LogP contribution in [0.15, 0.2) is 24.3 Å². The summed E-state index contributed by atoms with van der Waals surface area (Å²) in [5.74, 6) is -0.223. The molecule has 0 atom stereocenters. The molecule has 1 N–H and O–H groups in total. The van der Waals surface area contributed by atoms with Gasteiger partial charge in [0.1, 0.15) is 11.7 Å². The summed E-state index contributed by atoms with van der Waals surface area (Å²) in [5, 5.41) is 2.84. The van der Waals surface area contributed by atoms with Gasteiger partial charge in [0.15, 0.2) is 0 Å². The van der Waals surface area contributed by atoms with Crippen molar-refractivity contribution in [1.29, 1.82) is 0 Å². The number of nitrogens with one attached hydrogen (secondary N) is 1. The van der Waals surface area contributed by atoms with E-state index in [1.807, 2.05) is 20.8 Å². The topological polar surface area (TPSA) is 84.9 Å². The van der Waals surface area contributed by atoms with Gasteiger partial charge in [0, 0.05) is 37.5 Å². The first kappa shape index (κ1) is 20.2. The molecule has 28 heavy (non-hydrogen) atoms. The summed E-state index contributed by atoms with van der Waals surface area (Å²) in [6.45, 7) is 6.50. The fourth-order valence-corrected chi connectivity index (χ4v) is 2.98. The van der Waals surface area contributed by atoms with E-state index in [9.17, 15) is 14.4 Å². The van der Waals surface area contributed by atoms with E-state index in [0.29, 0.717) is 37.2 Å². The Kier molecular flexibility index (Phi) is 5.91. The van der Waals surface area contributed by atoms with Crippen LogP contribution in [0.4, 0.5) is 10.5 Å². The minimum Gasteiger partial charge on any atom is -0.459 e. The Hall–Kier alpha value is -2.57. The van der Waals surface area contributed by atoms with Crippen LogP contribution < -0.4 is 5.32 Å². The molecule has 0 radical (unpaired) electrons. The molecule has 1 aromatic rings. The second kappa shape index (κ2) is 8.20. The molecule has 3 rings (SSSR count). The lowest BCUT2D eigenvalue weighted by Gasteiger charge is -2.33. The van der Waals surface area contributed by atoms with E-state index in [0.717, 1.165) is 12.8 Å². The van der Waals surface area contributed by atoms with Gasteiger partial charge in [-0.25, -0.2) is 9.59 Å². The maximum Gasteiger partial charge on any atom is 0.410 e. The van der Waals surface area contributed by atoms with E-state index in [-0.39, 0.29) is 24.0 Å². The number of likely N-dealkylation sites (tertiary alicyclic amines) is 1. The summed E-state index contributed by atoms with van der Waals surface area (Å²) in [4.78, 5) is 37.9. The molecule has 1 aliphatic carbocycles. The van der Waals surface area contributed by atoms with Crippen LogP contribution in [0.25, 0.3) is 0 Å². The number of amides is 2. The highest BCUT2D eigenvalue weighted by molar-refractivity contribution is 5.95. The number of rotatable bonds is 4. The molecular formula is C21H28N2O5. The molecule has 1 saturated heterocycles. The zero-order chi connectivity index (χ0) is 20.3. The average Bonchev–Trinajstić information content (AvgIpc) is 3.46. The van der Waals surface area contributed by atoms with E-state index in [1.165, 1.54) is 0 Å². The number of anilines is 1. The van der Waals surface area contributed by atoms with Crippen LogP contribution in [-0.4, -0.2) is 47.7 Å². The third-order valence-electron chi connectivity index (χ3n) is 4.70. The summed E-state index contributed by atoms with van der Waals surface area (Å²) in [6, 6.07) is 6.73. The van der Waals surface area contributed by atoms with Crippen LogP contribution in [0, 0.1) is 5.92 Å². The van der Waals surface area contributed by atoms with Crippen molar-refractivity contribution in [1.82, 2.24) is 4.90 Å². The Balaban J connectivity index is 1.45. The van der Waals surface area contributed by atoms with E-state index < -0.39 is 11.6 Å². The number of piperidine rings is 1. The fourth-order valence-electron chi connectivity index (χ4n) is 2.98. The van der Waals surface area contributed by atoms with Crippen molar-refractivity contribution < 1.29 is 23.9 Å². The van der Waals surface area contributed by atoms with Crippen molar-refractivity contribution in [3.05, 3.63) is 29.8 Å². The van der Waals surface area contributed by atoms with Crippen LogP contribution in [0.3, 0.4) is 0 Å². The lowest BCUT2D eigenvalue weighted by Crippen LogP contribution is -2.43. The van der Waals surface area contributed by atoms with Crippen molar-refractivity contribution in [2.24, 2.45) is 5.92 Å². The van der Waals surface area contributed by atoms with Gasteiger partial charge in [-0.05, 0) is 57.9 Å². The van der Waals surface area contributed by atoms with Gasteiger partial charge in [-0.1, -0.05) is 0 Å². The molecule has 7 nitrogen and oxygen atoms in total. The number of ether oxygens (including phenoxy) is 2. The molecular weight excluding hydrogens is 360 g/mol. The fraction of sp³-hybridized carbons (Fsp3) is 0.571. The van der Waals surface area contributed by atoms with Crippen LogP contribution in [0.1, 0.15) is 56.8 Å². The van der Waals surface area contributed by atoms with Crippen LogP contribution in [0.2, 0.25) is 0 Å². The Labute approximate surface area is 165 Å². The van der Waals surface area contributed by atoms with Crippen LogP contribution >= 0.6 is 0 Å². The zero-order valence-electron chi connectivity index (χ0n) is 16.7. The second-order valence-electron chi connectivity index (χ2n) is 8.41. The van der Waals surface area contributed by atoms with Gasteiger partial charge in [-0.3, -0.25) is 4.79 Å². The molecule has 1 heterocycles. The first-order chi connectivity index (χ1) is 13.2. The standard InChI is InChI=1S/C21H28N2O5/c1-21(2,3)28-20(26)23-12-10-17(11-13-23)27-19(25)15-6-8-16(9-7-15)22-18(24)14-4-5-14/h6-9,14,17H,4-5,10-13H2,1-3H3,(H,22,24). The highest BCUT2D eigenvalue weighted by atomic mass is 16.6. The van der Waals surface area contributed by atoms with Gasteiger partial charge >= 0.3 is 12.1 Å². The lowest BCUT2D eigenvalue weighted by molar-refractivity contribution is -0.117. The van der Waals surface area contributed by atoms with Gasteiger partial charge < -0.3 is 19.7 Å². The molecule has 1 aromatic carbocycles. The van der Waals surface area contributed by atoms with E-state index in [1.54, 1.807) is 29.2 Å². The minimum atomic E-state index is -0.523. The molecule has 0 unspecified atom stereocenters. The Morgan fingerprint density at radius 2 is 1.61 bits per heavy atom. The monoisotopic (exact) mass is 388 g/mol. The Bertz CT molecular complexity index is 726. The molecule has 0 bridgehead atoms. The number of nitrogens with zero attached hydrogens (tertiary/aromatic N) is 1. The summed E-state index contributed by atoms with van der Waals surface area (Å²) in [7, 11) is 0. The molecule has 1 aliphatic heterocycles. The number of benzene rings is 1. The van der Waals surface area contributed by atoms with Gasteiger partial charge in [0.25, 0.3) is 0 Å². The first-order valence-electron chi connectivity index (χ1n) is 9.81. The largest absolute Gasteiger partial charge is 0.459 e. The molecule has 2 amide bonds. The highest BCUT2D eigenvalue weighted by Crippen LogP contribution is 2.30. The second-order valence-corrected chi connectivity index (χ2v) is 8.41. The molecule has 1 saturated carbocycles. The van der Waals surface area contributed by atoms with Crippen molar-refractivity contribution in [3.8, 4) is 0 Å². The predicted octanol–water partition coefficient (Wildman–Crippen LogP) is 3.59. The number of esters is 1. The minimum absolute atomic E-state index is 0.0343. The highest BCUT2D eigenvalue weighted by Gasteiger charge is 2.30. The van der Waals surface area contributed by atoms with Crippen LogP contribution in [-0.2, 0) is 14.3 Å². The van der Waals surface area contributed by atoms with Crippen molar-refractivity contribution in [3.63, 3.8) is 0 Å². The summed E-state index contributed by atoms with van der Waals surface area (Å²) < 4.78 is 10.9. The van der Waals surface area contributed by atoms with E-state index >= 15 is 0 Å². The number of carbonyl (C=O) groups is 3. The summed E-state index contributed by atoms with van der Waals surface area (Å²) in [6.07, 6.45) is 2.51. The van der Waals surface area contributed by atoms with E-state index in [2.05, 4.69) is 5.32 Å². The molecule has 2 aliphatic rings. The summed E-state index contributed by atoms with van der Waals surface area (Å²) >= 11 is 0. The van der Waals surface area contributed by atoms with Crippen molar-refractivity contribution in [2.75, 3.05) is 18.4 Å². The predicted molar refractivity (Wildman–Crippen MR) is 104 cm³/mol. The van der Waals surface area contributed by atoms with Gasteiger partial charge in [0.05, 0.1) is 5.56 Å². The maximum absolute atomic E-state index is 12.4. The van der Waals surface area contributed by atoms with Gasteiger partial charge in [0.2, 0.25) is 5.91 Å². The Morgan fingerprint density at radius 1 is 1.00 bits per heavy atom. The van der Waals surface area contributed by atoms with Crippen molar-refractivity contribution in [2.45, 2.75) is 58.2 Å². The number of carbonyl (C=O) groups excluding carboxylic acids is 3. The maximum atomic E-state index is 12.4. The molecule has 152 valence electrons. The van der Waals surface area contributed by atoms with Crippen molar-refractivity contribution >= 4 is 23.7 Å². The Morgan fingerprint density at radius 3 is 2.14 bits per heavy atom. The molecule has 0 aromatic heterocycles. The smallest absolute Gasteiger partial charge is 0.410 e.